The largest absolute Gasteiger partial charge is 0.303 e. The van der Waals surface area contributed by atoms with Gasteiger partial charge >= 0.3 is 0 Å². The van der Waals surface area contributed by atoms with E-state index in [1.165, 1.54) is 17.7 Å². The van der Waals surface area contributed by atoms with Crippen LogP contribution < -0.4 is 0 Å². The summed E-state index contributed by atoms with van der Waals surface area (Å²) in [6.07, 6.45) is 3.35. The van der Waals surface area contributed by atoms with Gasteiger partial charge in [0.15, 0.2) is 0 Å². The molecule has 0 aliphatic heterocycles. The van der Waals surface area contributed by atoms with E-state index < -0.39 is 0 Å². The van der Waals surface area contributed by atoms with E-state index in [2.05, 4.69) is 37.8 Å². The summed E-state index contributed by atoms with van der Waals surface area (Å²) in [4.78, 5) is 7.19. The fourth-order valence-corrected chi connectivity index (χ4v) is 3.81. The molecular formula is C17H25N3S. The number of pyridine rings is 1. The normalized spacial score (nSPS) is 17.6. The van der Waals surface area contributed by atoms with Crippen molar-refractivity contribution in [1.29, 1.82) is 5.26 Å². The van der Waals surface area contributed by atoms with Crippen LogP contribution in [0.15, 0.2) is 11.1 Å². The Kier molecular flexibility index (Phi) is 6.08. The molecule has 1 aromatic heterocycles. The maximum atomic E-state index is 9.37. The summed E-state index contributed by atoms with van der Waals surface area (Å²) in [6.45, 7) is 9.87. The number of rotatable bonds is 6. The predicted octanol–water partition coefficient (Wildman–Crippen LogP) is 3.51. The molecule has 0 N–H and O–H groups in total. The second-order valence-electron chi connectivity index (χ2n) is 5.78. The first-order valence-corrected chi connectivity index (χ1v) is 8.94. The molecule has 1 unspecified atom stereocenters. The molecule has 1 aliphatic rings. The molecule has 1 heterocycles. The van der Waals surface area contributed by atoms with E-state index in [-0.39, 0.29) is 0 Å². The Morgan fingerprint density at radius 1 is 1.43 bits per heavy atom. The van der Waals surface area contributed by atoms with Crippen molar-refractivity contribution in [3.8, 4) is 6.07 Å². The average Bonchev–Trinajstić information content (AvgIpc) is 2.51. The van der Waals surface area contributed by atoms with E-state index in [0.29, 0.717) is 5.92 Å². The molecule has 1 aliphatic carbocycles. The Morgan fingerprint density at radius 3 is 2.86 bits per heavy atom. The molecule has 0 bridgehead atoms. The van der Waals surface area contributed by atoms with Crippen molar-refractivity contribution < 1.29 is 0 Å². The molecule has 0 spiro atoms. The SMILES string of the molecule is CCN(CC)CCSc1nc2c(cc1C#N)CC(C)CC2. The fourth-order valence-electron chi connectivity index (χ4n) is 2.83. The van der Waals surface area contributed by atoms with Crippen LogP contribution in [0, 0.1) is 17.2 Å². The second kappa shape index (κ2) is 7.82. The number of fused-ring (bicyclic) bond motifs is 1. The third-order valence-corrected chi connectivity index (χ3v) is 5.23. The van der Waals surface area contributed by atoms with Crippen LogP contribution in [0.4, 0.5) is 0 Å². The molecule has 0 saturated heterocycles. The van der Waals surface area contributed by atoms with E-state index in [4.69, 9.17) is 4.98 Å². The zero-order valence-corrected chi connectivity index (χ0v) is 14.2. The molecule has 21 heavy (non-hydrogen) atoms. The van der Waals surface area contributed by atoms with E-state index in [9.17, 15) is 5.26 Å². The number of aryl methyl sites for hydroxylation is 1. The lowest BCUT2D eigenvalue weighted by Crippen LogP contribution is -2.25. The number of nitrogens with zero attached hydrogens (tertiary/aromatic N) is 3. The fraction of sp³-hybridized carbons (Fsp3) is 0.647. The first-order chi connectivity index (χ1) is 10.2. The molecule has 0 saturated carbocycles. The van der Waals surface area contributed by atoms with Gasteiger partial charge in [-0.3, -0.25) is 0 Å². The molecule has 1 atom stereocenters. The summed E-state index contributed by atoms with van der Waals surface area (Å²) in [5, 5.41) is 10.3. The van der Waals surface area contributed by atoms with Gasteiger partial charge in [-0.1, -0.05) is 20.8 Å². The minimum Gasteiger partial charge on any atom is -0.303 e. The smallest absolute Gasteiger partial charge is 0.114 e. The monoisotopic (exact) mass is 303 g/mol. The highest BCUT2D eigenvalue weighted by Gasteiger charge is 2.19. The van der Waals surface area contributed by atoms with Gasteiger partial charge in [-0.2, -0.15) is 5.26 Å². The van der Waals surface area contributed by atoms with Gasteiger partial charge in [0.25, 0.3) is 0 Å². The second-order valence-corrected chi connectivity index (χ2v) is 6.87. The number of aromatic nitrogens is 1. The highest BCUT2D eigenvalue weighted by molar-refractivity contribution is 7.99. The van der Waals surface area contributed by atoms with E-state index >= 15 is 0 Å². The lowest BCUT2D eigenvalue weighted by atomic mass is 9.87. The van der Waals surface area contributed by atoms with Crippen LogP contribution >= 0.6 is 11.8 Å². The van der Waals surface area contributed by atoms with Crippen LogP contribution in [0.3, 0.4) is 0 Å². The summed E-state index contributed by atoms with van der Waals surface area (Å²) in [5.41, 5.74) is 3.27. The average molecular weight is 303 g/mol. The maximum absolute atomic E-state index is 9.37. The van der Waals surface area contributed by atoms with Gasteiger partial charge in [0.1, 0.15) is 11.1 Å². The van der Waals surface area contributed by atoms with Gasteiger partial charge in [-0.05, 0) is 49.9 Å². The molecule has 0 amide bonds. The van der Waals surface area contributed by atoms with Gasteiger partial charge in [0.05, 0.1) is 5.56 Å². The van der Waals surface area contributed by atoms with Gasteiger partial charge in [0, 0.05) is 18.0 Å². The lowest BCUT2D eigenvalue weighted by Gasteiger charge is -2.22. The van der Waals surface area contributed by atoms with E-state index in [0.717, 1.165) is 48.8 Å². The minimum absolute atomic E-state index is 0.715. The van der Waals surface area contributed by atoms with E-state index in [1.807, 2.05) is 0 Å². The van der Waals surface area contributed by atoms with Crippen LogP contribution in [0.25, 0.3) is 0 Å². The van der Waals surface area contributed by atoms with Crippen LogP contribution in [0.1, 0.15) is 44.0 Å². The molecule has 114 valence electrons. The number of thioether (sulfide) groups is 1. The summed E-state index contributed by atoms with van der Waals surface area (Å²) in [7, 11) is 0. The third-order valence-electron chi connectivity index (χ3n) is 4.26. The zero-order chi connectivity index (χ0) is 15.2. The van der Waals surface area contributed by atoms with Crippen LogP contribution in [-0.2, 0) is 12.8 Å². The molecule has 2 rings (SSSR count). The predicted molar refractivity (Wildman–Crippen MR) is 88.7 cm³/mol. The number of hydrogen-bond acceptors (Lipinski definition) is 4. The molecule has 4 heteroatoms. The standard InChI is InChI=1S/C17H25N3S/c1-4-20(5-2)8-9-21-17-15(12-18)11-14-10-13(3)6-7-16(14)19-17/h11,13H,4-10H2,1-3H3. The van der Waals surface area contributed by atoms with Crippen molar-refractivity contribution >= 4 is 11.8 Å². The van der Waals surface area contributed by atoms with Crippen molar-refractivity contribution in [2.45, 2.75) is 45.1 Å². The maximum Gasteiger partial charge on any atom is 0.114 e. The van der Waals surface area contributed by atoms with Gasteiger partial charge in [-0.25, -0.2) is 4.98 Å². The van der Waals surface area contributed by atoms with Gasteiger partial charge in [-0.15, -0.1) is 11.8 Å². The lowest BCUT2D eigenvalue weighted by molar-refractivity contribution is 0.324. The number of nitriles is 1. The van der Waals surface area contributed by atoms with Gasteiger partial charge < -0.3 is 4.90 Å². The molecule has 0 radical (unpaired) electrons. The topological polar surface area (TPSA) is 39.9 Å². The summed E-state index contributed by atoms with van der Waals surface area (Å²) in [5.74, 6) is 1.71. The third kappa shape index (κ3) is 4.21. The molecular weight excluding hydrogens is 278 g/mol. The number of hydrogen-bond donors (Lipinski definition) is 0. The van der Waals surface area contributed by atoms with Crippen LogP contribution in [0.5, 0.6) is 0 Å². The highest BCUT2D eigenvalue weighted by atomic mass is 32.2. The molecule has 0 aromatic carbocycles. The van der Waals surface area contributed by atoms with Crippen molar-refractivity contribution in [3.05, 3.63) is 22.9 Å². The Balaban J connectivity index is 2.07. The Bertz CT molecular complexity index is 518. The Labute approximate surface area is 132 Å². The Hall–Kier alpha value is -1.05. The van der Waals surface area contributed by atoms with Crippen molar-refractivity contribution in [3.63, 3.8) is 0 Å². The molecule has 3 nitrogen and oxygen atoms in total. The highest BCUT2D eigenvalue weighted by Crippen LogP contribution is 2.29. The summed E-state index contributed by atoms with van der Waals surface area (Å²) >= 11 is 1.73. The van der Waals surface area contributed by atoms with Crippen molar-refractivity contribution in [2.24, 2.45) is 5.92 Å². The Morgan fingerprint density at radius 2 is 2.19 bits per heavy atom. The van der Waals surface area contributed by atoms with E-state index in [1.54, 1.807) is 11.8 Å². The van der Waals surface area contributed by atoms with Crippen molar-refractivity contribution in [2.75, 3.05) is 25.4 Å². The molecule has 0 fully saturated rings. The van der Waals surface area contributed by atoms with Crippen LogP contribution in [-0.4, -0.2) is 35.3 Å². The minimum atomic E-state index is 0.715. The van der Waals surface area contributed by atoms with Crippen LogP contribution in [0.2, 0.25) is 0 Å². The first kappa shape index (κ1) is 16.3. The summed E-state index contributed by atoms with van der Waals surface area (Å²) < 4.78 is 0. The zero-order valence-electron chi connectivity index (χ0n) is 13.4. The quantitative estimate of drug-likeness (QED) is 0.754. The summed E-state index contributed by atoms with van der Waals surface area (Å²) in [6, 6.07) is 4.41. The molecule has 1 aromatic rings. The first-order valence-electron chi connectivity index (χ1n) is 7.95. The van der Waals surface area contributed by atoms with Crippen molar-refractivity contribution in [1.82, 2.24) is 9.88 Å². The van der Waals surface area contributed by atoms with Gasteiger partial charge in [0.2, 0.25) is 0 Å².